The van der Waals surface area contributed by atoms with Crippen LogP contribution >= 0.6 is 0 Å². The van der Waals surface area contributed by atoms with Crippen LogP contribution in [0.5, 0.6) is 0 Å². The first-order valence-corrected chi connectivity index (χ1v) is 8.58. The van der Waals surface area contributed by atoms with Gasteiger partial charge in [-0.1, -0.05) is 42.0 Å². The molecule has 0 saturated heterocycles. The van der Waals surface area contributed by atoms with Gasteiger partial charge in [-0.05, 0) is 55.7 Å². The average Bonchev–Trinajstić information content (AvgIpc) is 2.62. The molecule has 0 aliphatic carbocycles. The van der Waals surface area contributed by atoms with E-state index in [1.54, 1.807) is 22.9 Å². The van der Waals surface area contributed by atoms with Crippen LogP contribution in [0.3, 0.4) is 0 Å². The lowest BCUT2D eigenvalue weighted by atomic mass is 10.1. The predicted molar refractivity (Wildman–Crippen MR) is 105 cm³/mol. The monoisotopic (exact) mass is 346 g/mol. The molecule has 0 aliphatic heterocycles. The molecule has 1 amide bonds. The number of hydrogen-bond acceptors (Lipinski definition) is 2. The zero-order chi connectivity index (χ0) is 18.7. The number of hydrogen-bond donors (Lipinski definition) is 1. The van der Waals surface area contributed by atoms with E-state index < -0.39 is 0 Å². The summed E-state index contributed by atoms with van der Waals surface area (Å²) in [6.45, 7) is 6.41. The second-order valence-corrected chi connectivity index (χ2v) is 6.55. The number of carbonyl (C=O) groups is 1. The Labute approximate surface area is 153 Å². The highest BCUT2D eigenvalue weighted by Gasteiger charge is 2.13. The summed E-state index contributed by atoms with van der Waals surface area (Å²) in [6.07, 6.45) is 1.72. The number of nitrogens with one attached hydrogen (secondary N) is 1. The normalized spacial score (nSPS) is 10.6. The fraction of sp³-hybridized carbons (Fsp3) is 0.182. The third-order valence-electron chi connectivity index (χ3n) is 4.50. The number of carbonyl (C=O) groups excluding carboxylic acids is 1. The van der Waals surface area contributed by atoms with Crippen LogP contribution in [0, 0.1) is 20.8 Å². The molecular weight excluding hydrogens is 324 g/mol. The van der Waals surface area contributed by atoms with Crippen LogP contribution in [-0.4, -0.2) is 10.5 Å². The molecule has 0 aliphatic rings. The number of pyridine rings is 1. The number of rotatable bonds is 4. The summed E-state index contributed by atoms with van der Waals surface area (Å²) in [6, 6.07) is 17.0. The number of aryl methyl sites for hydroxylation is 3. The first-order chi connectivity index (χ1) is 12.5. The Hall–Kier alpha value is -3.14. The summed E-state index contributed by atoms with van der Waals surface area (Å²) in [5.74, 6) is -0.389. The van der Waals surface area contributed by atoms with Gasteiger partial charge in [-0.3, -0.25) is 9.59 Å². The van der Waals surface area contributed by atoms with E-state index in [1.807, 2.05) is 57.2 Å². The van der Waals surface area contributed by atoms with Crippen molar-refractivity contribution in [2.24, 2.45) is 0 Å². The molecule has 3 rings (SSSR count). The molecule has 3 aromatic rings. The second-order valence-electron chi connectivity index (χ2n) is 6.55. The van der Waals surface area contributed by atoms with Gasteiger partial charge in [0.1, 0.15) is 5.56 Å². The maximum Gasteiger partial charge on any atom is 0.263 e. The number of anilines is 1. The minimum absolute atomic E-state index is 0.140. The van der Waals surface area contributed by atoms with E-state index in [0.717, 1.165) is 22.3 Å². The molecule has 0 unspecified atom stereocenters. The lowest BCUT2D eigenvalue weighted by molar-refractivity contribution is 0.102. The minimum atomic E-state index is -0.389. The number of nitrogens with zero attached hydrogens (tertiary/aromatic N) is 1. The van der Waals surface area contributed by atoms with Gasteiger partial charge in [0.05, 0.1) is 6.54 Å². The standard InChI is InChI=1S/C22H22N2O2/c1-15-10-11-16(2)18(13-15)14-24-12-6-8-19(22(24)26)21(25)23-20-9-5-4-7-17(20)3/h4-13H,14H2,1-3H3,(H,23,25). The molecule has 0 fully saturated rings. The van der Waals surface area contributed by atoms with Gasteiger partial charge in [0.2, 0.25) is 0 Å². The maximum atomic E-state index is 12.8. The largest absolute Gasteiger partial charge is 0.322 e. The molecule has 1 aromatic heterocycles. The summed E-state index contributed by atoms with van der Waals surface area (Å²) in [5, 5.41) is 2.83. The summed E-state index contributed by atoms with van der Waals surface area (Å²) >= 11 is 0. The Morgan fingerprint density at radius 3 is 2.50 bits per heavy atom. The van der Waals surface area contributed by atoms with Crippen LogP contribution in [0.4, 0.5) is 5.69 Å². The fourth-order valence-corrected chi connectivity index (χ4v) is 2.89. The lowest BCUT2D eigenvalue weighted by Crippen LogP contribution is -2.29. The Balaban J connectivity index is 1.90. The molecule has 0 spiro atoms. The van der Waals surface area contributed by atoms with Crippen LogP contribution in [-0.2, 0) is 6.54 Å². The molecular formula is C22H22N2O2. The number of amides is 1. The van der Waals surface area contributed by atoms with Crippen LogP contribution in [0.15, 0.2) is 65.6 Å². The van der Waals surface area contributed by atoms with E-state index in [2.05, 4.69) is 11.4 Å². The van der Waals surface area contributed by atoms with E-state index in [4.69, 9.17) is 0 Å². The van der Waals surface area contributed by atoms with Crippen molar-refractivity contribution in [2.75, 3.05) is 5.32 Å². The van der Waals surface area contributed by atoms with Crippen LogP contribution in [0.1, 0.15) is 32.6 Å². The maximum absolute atomic E-state index is 12.8. The third kappa shape index (κ3) is 3.75. The van der Waals surface area contributed by atoms with Crippen molar-refractivity contribution in [2.45, 2.75) is 27.3 Å². The van der Waals surface area contributed by atoms with Gasteiger partial charge in [0, 0.05) is 11.9 Å². The van der Waals surface area contributed by atoms with Gasteiger partial charge < -0.3 is 9.88 Å². The smallest absolute Gasteiger partial charge is 0.263 e. The second kappa shape index (κ2) is 7.40. The molecule has 1 N–H and O–H groups in total. The molecule has 0 saturated carbocycles. The Morgan fingerprint density at radius 2 is 1.73 bits per heavy atom. The van der Waals surface area contributed by atoms with E-state index in [1.165, 1.54) is 0 Å². The Morgan fingerprint density at radius 1 is 0.962 bits per heavy atom. The van der Waals surface area contributed by atoms with Crippen molar-refractivity contribution in [1.29, 1.82) is 0 Å². The molecule has 132 valence electrons. The fourth-order valence-electron chi connectivity index (χ4n) is 2.89. The SMILES string of the molecule is Cc1ccc(C)c(Cn2cccc(C(=O)Nc3ccccc3C)c2=O)c1. The van der Waals surface area contributed by atoms with Crippen molar-refractivity contribution in [3.05, 3.63) is 99.0 Å². The highest BCUT2D eigenvalue weighted by atomic mass is 16.2. The third-order valence-corrected chi connectivity index (χ3v) is 4.50. The van der Waals surface area contributed by atoms with Gasteiger partial charge in [0.25, 0.3) is 11.5 Å². The molecule has 0 atom stereocenters. The first kappa shape index (κ1) is 17.7. The summed E-state index contributed by atoms with van der Waals surface area (Å²) in [7, 11) is 0. The molecule has 0 bridgehead atoms. The number of para-hydroxylation sites is 1. The summed E-state index contributed by atoms with van der Waals surface area (Å²) < 4.78 is 1.58. The van der Waals surface area contributed by atoms with Crippen molar-refractivity contribution in [3.8, 4) is 0 Å². The number of aromatic nitrogens is 1. The van der Waals surface area contributed by atoms with Crippen molar-refractivity contribution in [1.82, 2.24) is 4.57 Å². The Kier molecular flexibility index (Phi) is 5.03. The van der Waals surface area contributed by atoms with Gasteiger partial charge in [-0.25, -0.2) is 0 Å². The summed E-state index contributed by atoms with van der Waals surface area (Å²) in [4.78, 5) is 25.4. The number of benzene rings is 2. The van der Waals surface area contributed by atoms with Gasteiger partial charge in [-0.15, -0.1) is 0 Å². The van der Waals surface area contributed by atoms with E-state index >= 15 is 0 Å². The molecule has 26 heavy (non-hydrogen) atoms. The van der Waals surface area contributed by atoms with E-state index in [9.17, 15) is 9.59 Å². The van der Waals surface area contributed by atoms with Gasteiger partial charge in [0.15, 0.2) is 0 Å². The van der Waals surface area contributed by atoms with Crippen molar-refractivity contribution in [3.63, 3.8) is 0 Å². The predicted octanol–water partition coefficient (Wildman–Crippen LogP) is 4.07. The topological polar surface area (TPSA) is 51.1 Å². The van der Waals surface area contributed by atoms with Crippen molar-refractivity contribution < 1.29 is 4.79 Å². The average molecular weight is 346 g/mol. The molecule has 1 heterocycles. The quantitative estimate of drug-likeness (QED) is 0.774. The molecule has 4 heteroatoms. The van der Waals surface area contributed by atoms with Crippen LogP contribution in [0.25, 0.3) is 0 Å². The van der Waals surface area contributed by atoms with Gasteiger partial charge >= 0.3 is 0 Å². The van der Waals surface area contributed by atoms with E-state index in [0.29, 0.717) is 12.2 Å². The van der Waals surface area contributed by atoms with E-state index in [-0.39, 0.29) is 17.0 Å². The zero-order valence-corrected chi connectivity index (χ0v) is 15.2. The van der Waals surface area contributed by atoms with Gasteiger partial charge in [-0.2, -0.15) is 0 Å². The highest BCUT2D eigenvalue weighted by Crippen LogP contribution is 2.14. The minimum Gasteiger partial charge on any atom is -0.322 e. The Bertz CT molecular complexity index is 1020. The molecule has 4 nitrogen and oxygen atoms in total. The van der Waals surface area contributed by atoms with Crippen molar-refractivity contribution >= 4 is 11.6 Å². The lowest BCUT2D eigenvalue weighted by Gasteiger charge is -2.12. The zero-order valence-electron chi connectivity index (χ0n) is 15.2. The van der Waals surface area contributed by atoms with Crippen LogP contribution in [0.2, 0.25) is 0 Å². The molecule has 2 aromatic carbocycles. The summed E-state index contributed by atoms with van der Waals surface area (Å²) in [5.41, 5.74) is 4.85. The molecule has 0 radical (unpaired) electrons. The van der Waals surface area contributed by atoms with Crippen LogP contribution < -0.4 is 10.9 Å². The first-order valence-electron chi connectivity index (χ1n) is 8.58. The highest BCUT2D eigenvalue weighted by molar-refractivity contribution is 6.04.